The number of carbonyl (C=O) groups excluding carboxylic acids is 1. The number of carbonyl (C=O) groups is 1. The molecule has 5 nitrogen and oxygen atoms in total. The van der Waals surface area contributed by atoms with Gasteiger partial charge in [0.15, 0.2) is 0 Å². The number of thiophene rings is 1. The van der Waals surface area contributed by atoms with E-state index < -0.39 is 0 Å². The summed E-state index contributed by atoms with van der Waals surface area (Å²) in [4.78, 5) is 17.4. The summed E-state index contributed by atoms with van der Waals surface area (Å²) in [5.41, 5.74) is 1.26. The summed E-state index contributed by atoms with van der Waals surface area (Å²) < 4.78 is 0. The van der Waals surface area contributed by atoms with E-state index in [-0.39, 0.29) is 17.8 Å². The van der Waals surface area contributed by atoms with Gasteiger partial charge in [0, 0.05) is 4.88 Å². The van der Waals surface area contributed by atoms with E-state index in [0.717, 1.165) is 19.3 Å². The second kappa shape index (κ2) is 4.53. The lowest BCUT2D eigenvalue weighted by molar-refractivity contribution is 0.0922. The lowest BCUT2D eigenvalue weighted by atomic mass is 9.94. The number of aromatic nitrogens is 3. The van der Waals surface area contributed by atoms with Crippen LogP contribution in [0.25, 0.3) is 0 Å². The van der Waals surface area contributed by atoms with Gasteiger partial charge < -0.3 is 5.32 Å². The second-order valence-corrected chi connectivity index (χ2v) is 5.46. The number of aryl methyl sites for hydroxylation is 2. The molecule has 0 saturated heterocycles. The van der Waals surface area contributed by atoms with Crippen LogP contribution in [0.15, 0.2) is 11.4 Å². The first-order chi connectivity index (χ1) is 8.74. The maximum atomic E-state index is 12.0. The molecular weight excluding hydrogens is 248 g/mol. The smallest absolute Gasteiger partial charge is 0.291 e. The third-order valence-electron chi connectivity index (χ3n) is 3.16. The number of amides is 1. The van der Waals surface area contributed by atoms with Gasteiger partial charge in [-0.3, -0.25) is 9.89 Å². The van der Waals surface area contributed by atoms with Crippen LogP contribution in [-0.4, -0.2) is 21.1 Å². The maximum absolute atomic E-state index is 12.0. The van der Waals surface area contributed by atoms with E-state index in [2.05, 4.69) is 31.9 Å². The highest BCUT2D eigenvalue weighted by Gasteiger charge is 2.24. The van der Waals surface area contributed by atoms with Crippen LogP contribution in [0.1, 0.15) is 45.8 Å². The molecule has 0 fully saturated rings. The summed E-state index contributed by atoms with van der Waals surface area (Å²) in [6.07, 6.45) is 3.23. The zero-order valence-corrected chi connectivity index (χ0v) is 10.9. The molecule has 0 bridgehead atoms. The van der Waals surface area contributed by atoms with Crippen molar-refractivity contribution in [3.63, 3.8) is 0 Å². The van der Waals surface area contributed by atoms with Crippen LogP contribution in [0.3, 0.4) is 0 Å². The van der Waals surface area contributed by atoms with Crippen LogP contribution in [-0.2, 0) is 6.42 Å². The molecule has 1 aliphatic carbocycles. The van der Waals surface area contributed by atoms with E-state index in [1.807, 2.05) is 0 Å². The van der Waals surface area contributed by atoms with E-state index in [0.29, 0.717) is 5.82 Å². The molecule has 94 valence electrons. The highest BCUT2D eigenvalue weighted by atomic mass is 32.1. The van der Waals surface area contributed by atoms with Gasteiger partial charge in [-0.15, -0.1) is 16.4 Å². The van der Waals surface area contributed by atoms with Crippen LogP contribution in [0, 0.1) is 6.92 Å². The predicted molar refractivity (Wildman–Crippen MR) is 68.6 cm³/mol. The van der Waals surface area contributed by atoms with Gasteiger partial charge >= 0.3 is 0 Å². The molecule has 2 aromatic heterocycles. The zero-order chi connectivity index (χ0) is 12.5. The average molecular weight is 262 g/mol. The fourth-order valence-corrected chi connectivity index (χ4v) is 3.29. The molecule has 3 rings (SSSR count). The Balaban J connectivity index is 1.77. The van der Waals surface area contributed by atoms with Crippen molar-refractivity contribution < 1.29 is 4.79 Å². The van der Waals surface area contributed by atoms with Crippen molar-refractivity contribution in [3.05, 3.63) is 33.5 Å². The average Bonchev–Trinajstić information content (AvgIpc) is 2.97. The monoisotopic (exact) mass is 262 g/mol. The Labute approximate surface area is 109 Å². The Hall–Kier alpha value is -1.69. The Kier molecular flexibility index (Phi) is 2.87. The van der Waals surface area contributed by atoms with Crippen LogP contribution in [0.5, 0.6) is 0 Å². The van der Waals surface area contributed by atoms with Crippen molar-refractivity contribution in [3.8, 4) is 0 Å². The molecule has 1 unspecified atom stereocenters. The molecule has 0 aromatic carbocycles. The van der Waals surface area contributed by atoms with Crippen molar-refractivity contribution in [2.24, 2.45) is 0 Å². The van der Waals surface area contributed by atoms with Crippen LogP contribution < -0.4 is 5.32 Å². The van der Waals surface area contributed by atoms with Crippen molar-refractivity contribution in [2.75, 3.05) is 0 Å². The maximum Gasteiger partial charge on any atom is 0.291 e. The normalized spacial score (nSPS) is 18.4. The van der Waals surface area contributed by atoms with Crippen molar-refractivity contribution in [1.82, 2.24) is 20.5 Å². The minimum absolute atomic E-state index is 0.103. The molecule has 6 heteroatoms. The van der Waals surface area contributed by atoms with E-state index in [9.17, 15) is 4.79 Å². The zero-order valence-electron chi connectivity index (χ0n) is 10.1. The van der Waals surface area contributed by atoms with E-state index >= 15 is 0 Å². The van der Waals surface area contributed by atoms with E-state index in [1.54, 1.807) is 18.3 Å². The second-order valence-electron chi connectivity index (χ2n) is 4.46. The first-order valence-corrected chi connectivity index (χ1v) is 6.88. The number of nitrogens with zero attached hydrogens (tertiary/aromatic N) is 2. The van der Waals surface area contributed by atoms with Gasteiger partial charge in [0.25, 0.3) is 5.91 Å². The Morgan fingerprint density at radius 3 is 3.28 bits per heavy atom. The number of aromatic amines is 1. The molecule has 0 saturated carbocycles. The fourth-order valence-electron chi connectivity index (χ4n) is 2.30. The molecule has 2 aromatic rings. The Morgan fingerprint density at radius 2 is 2.50 bits per heavy atom. The Bertz CT molecular complexity index is 574. The molecule has 2 N–H and O–H groups in total. The number of nitrogens with one attached hydrogen (secondary N) is 2. The molecule has 0 radical (unpaired) electrons. The highest BCUT2D eigenvalue weighted by molar-refractivity contribution is 7.10. The molecular formula is C12H14N4OS. The standard InChI is InChI=1S/C12H14N4OS/c1-7-13-11(16-15-7)12(17)14-9-3-2-4-10-8(9)5-6-18-10/h5-6,9H,2-4H2,1H3,(H,14,17)(H,13,15,16). The van der Waals surface area contributed by atoms with E-state index in [1.165, 1.54) is 10.4 Å². The largest absolute Gasteiger partial charge is 0.342 e. The van der Waals surface area contributed by atoms with Crippen LogP contribution in [0.2, 0.25) is 0 Å². The predicted octanol–water partition coefficient (Wildman–Crippen LogP) is 1.98. The van der Waals surface area contributed by atoms with Gasteiger partial charge in [0.05, 0.1) is 6.04 Å². The summed E-state index contributed by atoms with van der Waals surface area (Å²) in [7, 11) is 0. The van der Waals surface area contributed by atoms with Gasteiger partial charge in [-0.05, 0) is 43.2 Å². The van der Waals surface area contributed by atoms with Gasteiger partial charge in [-0.2, -0.15) is 0 Å². The minimum Gasteiger partial charge on any atom is -0.342 e. The fraction of sp³-hybridized carbons (Fsp3) is 0.417. The van der Waals surface area contributed by atoms with Gasteiger partial charge in [-0.25, -0.2) is 4.98 Å². The summed E-state index contributed by atoms with van der Waals surface area (Å²) in [6.45, 7) is 1.78. The number of hydrogen-bond donors (Lipinski definition) is 2. The van der Waals surface area contributed by atoms with E-state index in [4.69, 9.17) is 0 Å². The third-order valence-corrected chi connectivity index (χ3v) is 4.15. The molecule has 1 aliphatic rings. The lowest BCUT2D eigenvalue weighted by Crippen LogP contribution is -2.31. The van der Waals surface area contributed by atoms with Crippen molar-refractivity contribution >= 4 is 17.2 Å². The highest BCUT2D eigenvalue weighted by Crippen LogP contribution is 2.33. The molecule has 1 atom stereocenters. The van der Waals surface area contributed by atoms with Gasteiger partial charge in [0.2, 0.25) is 5.82 Å². The third kappa shape index (κ3) is 2.03. The first-order valence-electron chi connectivity index (χ1n) is 6.00. The first kappa shape index (κ1) is 11.4. The van der Waals surface area contributed by atoms with Gasteiger partial charge in [-0.1, -0.05) is 0 Å². The quantitative estimate of drug-likeness (QED) is 0.869. The summed E-state index contributed by atoms with van der Waals surface area (Å²) in [5, 5.41) is 11.7. The summed E-state index contributed by atoms with van der Waals surface area (Å²) >= 11 is 1.77. The summed E-state index contributed by atoms with van der Waals surface area (Å²) in [6, 6.07) is 2.21. The van der Waals surface area contributed by atoms with Crippen LogP contribution >= 0.6 is 11.3 Å². The summed E-state index contributed by atoms with van der Waals surface area (Å²) in [5.74, 6) is 0.665. The topological polar surface area (TPSA) is 70.7 Å². The van der Waals surface area contributed by atoms with Crippen molar-refractivity contribution in [1.29, 1.82) is 0 Å². The van der Waals surface area contributed by atoms with Crippen LogP contribution in [0.4, 0.5) is 0 Å². The number of hydrogen-bond acceptors (Lipinski definition) is 4. The molecule has 0 aliphatic heterocycles. The molecule has 1 amide bonds. The Morgan fingerprint density at radius 1 is 1.61 bits per heavy atom. The molecule has 18 heavy (non-hydrogen) atoms. The molecule has 2 heterocycles. The minimum atomic E-state index is -0.205. The van der Waals surface area contributed by atoms with Crippen molar-refractivity contribution in [2.45, 2.75) is 32.2 Å². The van der Waals surface area contributed by atoms with Gasteiger partial charge in [0.1, 0.15) is 5.82 Å². The number of fused-ring (bicyclic) bond motifs is 1. The molecule has 0 spiro atoms. The SMILES string of the molecule is Cc1nc(C(=O)NC2CCCc3sccc32)n[nH]1. The lowest BCUT2D eigenvalue weighted by Gasteiger charge is -2.23. The number of H-pyrrole nitrogens is 1. The number of rotatable bonds is 2.